The minimum absolute atomic E-state index is 0.0879. The predicted octanol–water partition coefficient (Wildman–Crippen LogP) is 3.03. The summed E-state index contributed by atoms with van der Waals surface area (Å²) in [6, 6.07) is 3.28. The van der Waals surface area contributed by atoms with Crippen molar-refractivity contribution in [2.45, 2.75) is 13.3 Å². The summed E-state index contributed by atoms with van der Waals surface area (Å²) in [7, 11) is 0. The number of carbonyl (C=O) groups excluding carboxylic acids is 1. The number of nitrogens with one attached hydrogen (secondary N) is 1. The van der Waals surface area contributed by atoms with Crippen LogP contribution in [0.3, 0.4) is 0 Å². The van der Waals surface area contributed by atoms with Crippen molar-refractivity contribution in [3.8, 4) is 0 Å². The molecule has 14 heavy (non-hydrogen) atoms. The maximum Gasteiger partial charge on any atom is 0.224 e. The van der Waals surface area contributed by atoms with E-state index in [1.165, 1.54) is 0 Å². The van der Waals surface area contributed by atoms with Crippen LogP contribution in [0.25, 0.3) is 0 Å². The fourth-order valence-corrected chi connectivity index (χ4v) is 1.43. The van der Waals surface area contributed by atoms with Gasteiger partial charge in [-0.1, -0.05) is 18.5 Å². The van der Waals surface area contributed by atoms with Gasteiger partial charge in [-0.05, 0) is 28.1 Å². The molecule has 0 unspecified atom stereocenters. The average molecular weight is 278 g/mol. The van der Waals surface area contributed by atoms with Gasteiger partial charge in [0.05, 0.1) is 16.4 Å². The molecule has 0 aromatic heterocycles. The van der Waals surface area contributed by atoms with Gasteiger partial charge in [-0.25, -0.2) is 0 Å². The van der Waals surface area contributed by atoms with Gasteiger partial charge in [-0.3, -0.25) is 4.79 Å². The molecule has 3 nitrogen and oxygen atoms in total. The van der Waals surface area contributed by atoms with E-state index >= 15 is 0 Å². The molecule has 76 valence electrons. The van der Waals surface area contributed by atoms with Crippen molar-refractivity contribution in [1.82, 2.24) is 0 Å². The van der Waals surface area contributed by atoms with Crippen LogP contribution in [0, 0.1) is 0 Å². The number of benzene rings is 1. The van der Waals surface area contributed by atoms with E-state index in [-0.39, 0.29) is 5.91 Å². The van der Waals surface area contributed by atoms with E-state index in [0.29, 0.717) is 27.3 Å². The van der Waals surface area contributed by atoms with Crippen molar-refractivity contribution in [2.75, 3.05) is 11.1 Å². The molecule has 1 rings (SSSR count). The highest BCUT2D eigenvalue weighted by molar-refractivity contribution is 9.10. The van der Waals surface area contributed by atoms with E-state index in [2.05, 4.69) is 21.2 Å². The van der Waals surface area contributed by atoms with Gasteiger partial charge < -0.3 is 11.1 Å². The quantitative estimate of drug-likeness (QED) is 0.816. The molecule has 3 N–H and O–H groups in total. The zero-order chi connectivity index (χ0) is 10.7. The molecule has 0 radical (unpaired) electrons. The van der Waals surface area contributed by atoms with Gasteiger partial charge in [0.1, 0.15) is 0 Å². The number of carbonyl (C=O) groups is 1. The van der Waals surface area contributed by atoms with E-state index in [9.17, 15) is 4.79 Å². The number of anilines is 2. The summed E-state index contributed by atoms with van der Waals surface area (Å²) in [5.41, 5.74) is 6.73. The Kier molecular flexibility index (Phi) is 3.77. The second-order valence-corrected chi connectivity index (χ2v) is 4.02. The first kappa shape index (κ1) is 11.3. The number of hydrogen-bond donors (Lipinski definition) is 2. The van der Waals surface area contributed by atoms with Crippen LogP contribution >= 0.6 is 27.5 Å². The number of hydrogen-bond acceptors (Lipinski definition) is 2. The van der Waals surface area contributed by atoms with Crippen LogP contribution in [-0.4, -0.2) is 5.91 Å². The summed E-state index contributed by atoms with van der Waals surface area (Å²) >= 11 is 9.10. The molecule has 0 saturated heterocycles. The lowest BCUT2D eigenvalue weighted by Gasteiger charge is -2.08. The molecular weight excluding hydrogens is 267 g/mol. The largest absolute Gasteiger partial charge is 0.397 e. The Labute approximate surface area is 95.7 Å². The van der Waals surface area contributed by atoms with Crippen molar-refractivity contribution in [1.29, 1.82) is 0 Å². The lowest BCUT2D eigenvalue weighted by atomic mass is 10.2. The SMILES string of the molecule is CCC(=O)Nc1cc(Cl)c(Br)cc1N. The van der Waals surface area contributed by atoms with Gasteiger partial charge >= 0.3 is 0 Å². The van der Waals surface area contributed by atoms with Crippen LogP contribution in [0.4, 0.5) is 11.4 Å². The van der Waals surface area contributed by atoms with Crippen LogP contribution in [0.1, 0.15) is 13.3 Å². The summed E-state index contributed by atoms with van der Waals surface area (Å²) in [4.78, 5) is 11.1. The Morgan fingerprint density at radius 3 is 2.86 bits per heavy atom. The summed E-state index contributed by atoms with van der Waals surface area (Å²) in [6.45, 7) is 1.77. The zero-order valence-corrected chi connectivity index (χ0v) is 9.95. The van der Waals surface area contributed by atoms with Gasteiger partial charge in [0.15, 0.2) is 0 Å². The molecule has 1 amide bonds. The Balaban J connectivity index is 2.98. The van der Waals surface area contributed by atoms with Gasteiger partial charge in [0.2, 0.25) is 5.91 Å². The van der Waals surface area contributed by atoms with Crippen molar-refractivity contribution in [3.63, 3.8) is 0 Å². The first-order chi connectivity index (χ1) is 6.54. The third-order valence-electron chi connectivity index (χ3n) is 1.69. The standard InChI is InChI=1S/C9H10BrClN2O/c1-2-9(14)13-8-4-6(11)5(10)3-7(8)12/h3-4H,2,12H2,1H3,(H,13,14). The highest BCUT2D eigenvalue weighted by Crippen LogP contribution is 2.30. The maximum absolute atomic E-state index is 11.1. The highest BCUT2D eigenvalue weighted by Gasteiger charge is 2.06. The molecular formula is C9H10BrClN2O. The summed E-state index contributed by atoms with van der Waals surface area (Å²) < 4.78 is 0.714. The lowest BCUT2D eigenvalue weighted by Crippen LogP contribution is -2.11. The predicted molar refractivity (Wildman–Crippen MR) is 62.5 cm³/mol. The molecule has 0 heterocycles. The normalized spacial score (nSPS) is 9.93. The number of halogens is 2. The third kappa shape index (κ3) is 2.62. The topological polar surface area (TPSA) is 55.1 Å². The molecule has 0 bridgehead atoms. The maximum atomic E-state index is 11.1. The molecule has 0 fully saturated rings. The van der Waals surface area contributed by atoms with Crippen molar-refractivity contribution in [3.05, 3.63) is 21.6 Å². The molecule has 1 aromatic rings. The van der Waals surface area contributed by atoms with Crippen LogP contribution in [0.5, 0.6) is 0 Å². The molecule has 0 spiro atoms. The Morgan fingerprint density at radius 2 is 2.29 bits per heavy atom. The summed E-state index contributed by atoms with van der Waals surface area (Å²) in [5.74, 6) is -0.0879. The van der Waals surface area contributed by atoms with Crippen LogP contribution in [-0.2, 0) is 4.79 Å². The van der Waals surface area contributed by atoms with Crippen LogP contribution < -0.4 is 11.1 Å². The smallest absolute Gasteiger partial charge is 0.224 e. The molecule has 0 saturated carbocycles. The molecule has 0 aliphatic carbocycles. The Morgan fingerprint density at radius 1 is 1.64 bits per heavy atom. The minimum Gasteiger partial charge on any atom is -0.397 e. The molecule has 0 atom stereocenters. The third-order valence-corrected chi connectivity index (χ3v) is 2.88. The fraction of sp³-hybridized carbons (Fsp3) is 0.222. The average Bonchev–Trinajstić information content (AvgIpc) is 2.14. The van der Waals surface area contributed by atoms with Crippen LogP contribution in [0.15, 0.2) is 16.6 Å². The second kappa shape index (κ2) is 4.66. The fourth-order valence-electron chi connectivity index (χ4n) is 0.909. The molecule has 5 heteroatoms. The minimum atomic E-state index is -0.0879. The Bertz CT molecular complexity index is 368. The molecule has 0 aliphatic rings. The van der Waals surface area contributed by atoms with Crippen molar-refractivity contribution >= 4 is 44.8 Å². The highest BCUT2D eigenvalue weighted by atomic mass is 79.9. The van der Waals surface area contributed by atoms with E-state index in [4.69, 9.17) is 17.3 Å². The second-order valence-electron chi connectivity index (χ2n) is 2.76. The van der Waals surface area contributed by atoms with Gasteiger partial charge in [-0.2, -0.15) is 0 Å². The first-order valence-corrected chi connectivity index (χ1v) is 5.26. The van der Waals surface area contributed by atoms with Gasteiger partial charge in [0, 0.05) is 10.9 Å². The number of amides is 1. The Hall–Kier alpha value is -0.740. The van der Waals surface area contributed by atoms with E-state index in [0.717, 1.165) is 0 Å². The first-order valence-electron chi connectivity index (χ1n) is 4.09. The summed E-state index contributed by atoms with van der Waals surface area (Å²) in [5, 5.41) is 3.18. The zero-order valence-electron chi connectivity index (χ0n) is 7.60. The number of rotatable bonds is 2. The number of nitrogen functional groups attached to an aromatic ring is 1. The van der Waals surface area contributed by atoms with Crippen LogP contribution in [0.2, 0.25) is 5.02 Å². The van der Waals surface area contributed by atoms with Gasteiger partial charge in [0.25, 0.3) is 0 Å². The monoisotopic (exact) mass is 276 g/mol. The van der Waals surface area contributed by atoms with Crippen molar-refractivity contribution < 1.29 is 4.79 Å². The van der Waals surface area contributed by atoms with E-state index < -0.39 is 0 Å². The van der Waals surface area contributed by atoms with Crippen molar-refractivity contribution in [2.24, 2.45) is 0 Å². The summed E-state index contributed by atoms with van der Waals surface area (Å²) in [6.07, 6.45) is 0.410. The molecule has 1 aromatic carbocycles. The molecule has 0 aliphatic heterocycles. The van der Waals surface area contributed by atoms with Gasteiger partial charge in [-0.15, -0.1) is 0 Å². The van der Waals surface area contributed by atoms with E-state index in [1.807, 2.05) is 0 Å². The van der Waals surface area contributed by atoms with E-state index in [1.54, 1.807) is 19.1 Å². The lowest BCUT2D eigenvalue weighted by molar-refractivity contribution is -0.115. The number of nitrogens with two attached hydrogens (primary N) is 1.